The third-order valence-electron chi connectivity index (χ3n) is 9.86. The molecule has 1 aliphatic rings. The molecule has 1 nitrogen and oxygen atoms in total. The van der Waals surface area contributed by atoms with Crippen molar-refractivity contribution < 1.29 is 0 Å². The number of para-hydroxylation sites is 1. The highest BCUT2D eigenvalue weighted by Gasteiger charge is 2.35. The van der Waals surface area contributed by atoms with E-state index in [1.54, 1.807) is 0 Å². The lowest BCUT2D eigenvalue weighted by molar-refractivity contribution is 0.660. The highest BCUT2D eigenvalue weighted by atomic mass is 32.1. The van der Waals surface area contributed by atoms with E-state index in [9.17, 15) is 0 Å². The van der Waals surface area contributed by atoms with E-state index in [1.807, 2.05) is 11.3 Å². The smallest absolute Gasteiger partial charge is 0.0475 e. The summed E-state index contributed by atoms with van der Waals surface area (Å²) >= 11 is 1.90. The van der Waals surface area contributed by atoms with Crippen molar-refractivity contribution in [1.29, 1.82) is 0 Å². The lowest BCUT2D eigenvalue weighted by Crippen LogP contribution is -2.14. The van der Waals surface area contributed by atoms with Gasteiger partial charge in [0.15, 0.2) is 0 Å². The molecule has 7 aromatic carbocycles. The normalized spacial score (nSPS) is 13.1. The Morgan fingerprint density at radius 1 is 0.426 bits per heavy atom. The molecule has 1 heterocycles. The molecular weight excluding hydrogens is 587 g/mol. The van der Waals surface area contributed by atoms with Crippen LogP contribution in [0.5, 0.6) is 0 Å². The van der Waals surface area contributed by atoms with Gasteiger partial charge in [0.05, 0.1) is 0 Å². The fraction of sp³-hybridized carbons (Fsp3) is 0.0667. The highest BCUT2D eigenvalue weighted by Crippen LogP contribution is 2.51. The molecule has 47 heavy (non-hydrogen) atoms. The Hall–Kier alpha value is -5.44. The second-order valence-electron chi connectivity index (χ2n) is 13.0. The van der Waals surface area contributed by atoms with E-state index in [1.165, 1.54) is 64.7 Å². The number of fused-ring (bicyclic) bond motifs is 6. The van der Waals surface area contributed by atoms with Crippen LogP contribution in [0.15, 0.2) is 164 Å². The Kier molecular flexibility index (Phi) is 6.41. The van der Waals surface area contributed by atoms with Crippen LogP contribution in [0.2, 0.25) is 0 Å². The zero-order valence-electron chi connectivity index (χ0n) is 26.4. The maximum absolute atomic E-state index is 2.46. The van der Waals surface area contributed by atoms with Gasteiger partial charge in [0.1, 0.15) is 0 Å². The first kappa shape index (κ1) is 27.8. The molecule has 0 spiro atoms. The summed E-state index contributed by atoms with van der Waals surface area (Å²) in [4.78, 5) is 2.40. The van der Waals surface area contributed by atoms with Crippen LogP contribution in [0.1, 0.15) is 25.0 Å². The molecule has 2 heteroatoms. The minimum atomic E-state index is -0.0601. The van der Waals surface area contributed by atoms with Crippen molar-refractivity contribution in [1.82, 2.24) is 0 Å². The molecule has 1 aromatic heterocycles. The van der Waals surface area contributed by atoms with Gasteiger partial charge >= 0.3 is 0 Å². The van der Waals surface area contributed by atoms with E-state index in [0.29, 0.717) is 0 Å². The first-order chi connectivity index (χ1) is 23.1. The maximum Gasteiger partial charge on any atom is 0.0475 e. The summed E-state index contributed by atoms with van der Waals surface area (Å²) in [6, 6.07) is 60.0. The van der Waals surface area contributed by atoms with Crippen molar-refractivity contribution in [3.05, 3.63) is 175 Å². The second kappa shape index (κ2) is 10.8. The van der Waals surface area contributed by atoms with Gasteiger partial charge in [-0.15, -0.1) is 11.3 Å². The summed E-state index contributed by atoms with van der Waals surface area (Å²) in [6.07, 6.45) is 0. The van der Waals surface area contributed by atoms with Crippen molar-refractivity contribution >= 4 is 48.6 Å². The molecule has 0 amide bonds. The van der Waals surface area contributed by atoms with Crippen molar-refractivity contribution in [2.45, 2.75) is 19.3 Å². The standard InChI is InChI=1S/C45H33NS/c1-45(2)41-19-11-9-17-36(41)37-26-23-32(27-42(37)45)39-28-35(29-40-38-18-10-12-20-43(38)47-44(39)40)46(33-15-7-4-8-16-33)34-24-21-31(22-25-34)30-13-5-3-6-14-30/h3-29H,1-2H3. The van der Waals surface area contributed by atoms with Crippen molar-refractivity contribution in [3.8, 4) is 33.4 Å². The van der Waals surface area contributed by atoms with Gasteiger partial charge in [0, 0.05) is 48.2 Å². The van der Waals surface area contributed by atoms with Gasteiger partial charge in [-0.25, -0.2) is 0 Å². The molecule has 1 aliphatic carbocycles. The van der Waals surface area contributed by atoms with Crippen LogP contribution in [0.3, 0.4) is 0 Å². The first-order valence-corrected chi connectivity index (χ1v) is 17.1. The molecule has 0 N–H and O–H groups in total. The molecule has 0 unspecified atom stereocenters. The molecule has 0 atom stereocenters. The topological polar surface area (TPSA) is 3.24 Å². The van der Waals surface area contributed by atoms with Crippen LogP contribution in [0.25, 0.3) is 53.6 Å². The molecular formula is C45H33NS. The third kappa shape index (κ3) is 4.52. The summed E-state index contributed by atoms with van der Waals surface area (Å²) in [5.41, 5.74) is 13.8. The van der Waals surface area contributed by atoms with Gasteiger partial charge in [-0.3, -0.25) is 0 Å². The minimum Gasteiger partial charge on any atom is -0.310 e. The van der Waals surface area contributed by atoms with E-state index < -0.39 is 0 Å². The Bertz CT molecular complexity index is 2420. The monoisotopic (exact) mass is 619 g/mol. The van der Waals surface area contributed by atoms with E-state index in [0.717, 1.165) is 17.1 Å². The average molecular weight is 620 g/mol. The fourth-order valence-corrected chi connectivity index (χ4v) is 8.70. The average Bonchev–Trinajstić information content (AvgIpc) is 3.61. The largest absolute Gasteiger partial charge is 0.310 e. The molecule has 0 radical (unpaired) electrons. The number of benzene rings is 7. The first-order valence-electron chi connectivity index (χ1n) is 16.3. The zero-order chi connectivity index (χ0) is 31.5. The van der Waals surface area contributed by atoms with Crippen LogP contribution in [0, 0.1) is 0 Å². The lowest BCUT2D eigenvalue weighted by atomic mass is 9.81. The number of anilines is 3. The van der Waals surface area contributed by atoms with Gasteiger partial charge in [0.25, 0.3) is 0 Å². The Labute approximate surface area is 280 Å². The third-order valence-corrected chi connectivity index (χ3v) is 11.1. The summed E-state index contributed by atoms with van der Waals surface area (Å²) in [5, 5.41) is 2.60. The van der Waals surface area contributed by atoms with E-state index in [4.69, 9.17) is 0 Å². The highest BCUT2D eigenvalue weighted by molar-refractivity contribution is 7.26. The Balaban J connectivity index is 1.27. The summed E-state index contributed by atoms with van der Waals surface area (Å²) in [7, 11) is 0. The van der Waals surface area contributed by atoms with Gasteiger partial charge < -0.3 is 4.90 Å². The van der Waals surface area contributed by atoms with Crippen LogP contribution in [-0.2, 0) is 5.41 Å². The number of hydrogen-bond donors (Lipinski definition) is 0. The number of thiophene rings is 1. The Morgan fingerprint density at radius 3 is 1.85 bits per heavy atom. The van der Waals surface area contributed by atoms with Crippen molar-refractivity contribution in [2.24, 2.45) is 0 Å². The van der Waals surface area contributed by atoms with E-state index in [2.05, 4.69) is 183 Å². The fourth-order valence-electron chi connectivity index (χ4n) is 7.48. The molecule has 0 saturated heterocycles. The number of hydrogen-bond acceptors (Lipinski definition) is 2. The Morgan fingerprint density at radius 2 is 1.04 bits per heavy atom. The van der Waals surface area contributed by atoms with E-state index in [-0.39, 0.29) is 5.41 Å². The predicted octanol–water partition coefficient (Wildman–Crippen LogP) is 13.2. The minimum absolute atomic E-state index is 0.0601. The second-order valence-corrected chi connectivity index (χ2v) is 14.0. The van der Waals surface area contributed by atoms with Gasteiger partial charge in [0.2, 0.25) is 0 Å². The van der Waals surface area contributed by atoms with Crippen LogP contribution >= 0.6 is 11.3 Å². The van der Waals surface area contributed by atoms with Crippen molar-refractivity contribution in [3.63, 3.8) is 0 Å². The van der Waals surface area contributed by atoms with Gasteiger partial charge in [-0.2, -0.15) is 0 Å². The van der Waals surface area contributed by atoms with Crippen LogP contribution in [-0.4, -0.2) is 0 Å². The quantitative estimate of drug-likeness (QED) is 0.185. The summed E-state index contributed by atoms with van der Waals surface area (Å²) in [5.74, 6) is 0. The lowest BCUT2D eigenvalue weighted by Gasteiger charge is -2.27. The molecule has 0 aliphatic heterocycles. The van der Waals surface area contributed by atoms with Gasteiger partial charge in [-0.1, -0.05) is 129 Å². The van der Waals surface area contributed by atoms with Crippen LogP contribution in [0.4, 0.5) is 17.1 Å². The van der Waals surface area contributed by atoms with E-state index >= 15 is 0 Å². The maximum atomic E-state index is 2.46. The van der Waals surface area contributed by atoms with Gasteiger partial charge in [-0.05, 0) is 87.5 Å². The number of rotatable bonds is 5. The molecule has 0 fully saturated rings. The molecule has 0 bridgehead atoms. The SMILES string of the molecule is CC1(C)c2ccccc2-c2ccc(-c3cc(N(c4ccccc4)c4ccc(-c5ccccc5)cc4)cc4c3sc3ccccc34)cc21. The number of nitrogens with zero attached hydrogens (tertiary/aromatic N) is 1. The summed E-state index contributed by atoms with van der Waals surface area (Å²) < 4.78 is 2.64. The molecule has 224 valence electrons. The molecule has 9 rings (SSSR count). The molecule has 0 saturated carbocycles. The molecule has 8 aromatic rings. The predicted molar refractivity (Wildman–Crippen MR) is 202 cm³/mol. The summed E-state index contributed by atoms with van der Waals surface area (Å²) in [6.45, 7) is 4.73. The van der Waals surface area contributed by atoms with Crippen molar-refractivity contribution in [2.75, 3.05) is 4.90 Å². The van der Waals surface area contributed by atoms with Crippen LogP contribution < -0.4 is 4.90 Å². The zero-order valence-corrected chi connectivity index (χ0v) is 27.3.